The fraction of sp³-hybridized carbons (Fsp3) is 0.438. The number of furan rings is 1. The van der Waals surface area contributed by atoms with Gasteiger partial charge in [-0.25, -0.2) is 0 Å². The first-order valence-corrected chi connectivity index (χ1v) is 6.80. The molecule has 0 fully saturated rings. The molecule has 2 aromatic rings. The summed E-state index contributed by atoms with van der Waals surface area (Å²) in [5.74, 6) is -0.0375. The molecule has 1 amide bonds. The van der Waals surface area contributed by atoms with Crippen LogP contribution in [0.2, 0.25) is 0 Å². The summed E-state index contributed by atoms with van der Waals surface area (Å²) in [7, 11) is 0. The van der Waals surface area contributed by atoms with Crippen LogP contribution in [0.4, 0.5) is 0 Å². The Bertz CT molecular complexity index is 636. The molecule has 0 unspecified atom stereocenters. The molecular formula is C16H22N2O2. The fourth-order valence-corrected chi connectivity index (χ4v) is 2.09. The molecule has 4 nitrogen and oxygen atoms in total. The quantitative estimate of drug-likeness (QED) is 0.899. The number of benzene rings is 1. The SMILES string of the molecule is Cc1ccc2c(CC(=O)NCC(C)(C)N)coc2c1C. The number of hydrogen-bond donors (Lipinski definition) is 2. The number of nitrogens with two attached hydrogens (primary N) is 1. The molecule has 1 aromatic carbocycles. The monoisotopic (exact) mass is 274 g/mol. The largest absolute Gasteiger partial charge is 0.464 e. The standard InChI is InChI=1S/C16H22N2O2/c1-10-5-6-13-12(8-20-15(13)11(10)2)7-14(19)18-9-16(3,4)17/h5-6,8H,7,9,17H2,1-4H3,(H,18,19). The normalized spacial score (nSPS) is 11.8. The van der Waals surface area contributed by atoms with Gasteiger partial charge >= 0.3 is 0 Å². The molecule has 1 heterocycles. The van der Waals surface area contributed by atoms with Gasteiger partial charge in [0.2, 0.25) is 5.91 Å². The lowest BCUT2D eigenvalue weighted by Crippen LogP contribution is -2.45. The molecule has 0 aliphatic rings. The van der Waals surface area contributed by atoms with Gasteiger partial charge in [0, 0.05) is 23.0 Å². The molecule has 0 spiro atoms. The van der Waals surface area contributed by atoms with Gasteiger partial charge in [-0.05, 0) is 38.8 Å². The minimum absolute atomic E-state index is 0.0375. The summed E-state index contributed by atoms with van der Waals surface area (Å²) in [5, 5.41) is 3.86. The molecule has 0 aliphatic carbocycles. The lowest BCUT2D eigenvalue weighted by molar-refractivity contribution is -0.120. The van der Waals surface area contributed by atoms with Crippen LogP contribution in [0, 0.1) is 13.8 Å². The highest BCUT2D eigenvalue weighted by Crippen LogP contribution is 2.26. The zero-order valence-electron chi connectivity index (χ0n) is 12.5. The van der Waals surface area contributed by atoms with Crippen LogP contribution in [0.5, 0.6) is 0 Å². The average molecular weight is 274 g/mol. The van der Waals surface area contributed by atoms with Crippen molar-refractivity contribution in [2.75, 3.05) is 6.54 Å². The summed E-state index contributed by atoms with van der Waals surface area (Å²) >= 11 is 0. The first-order valence-electron chi connectivity index (χ1n) is 6.80. The van der Waals surface area contributed by atoms with Crippen molar-refractivity contribution in [1.82, 2.24) is 5.32 Å². The van der Waals surface area contributed by atoms with E-state index in [2.05, 4.69) is 11.4 Å². The number of fused-ring (bicyclic) bond motifs is 1. The van der Waals surface area contributed by atoms with E-state index in [9.17, 15) is 4.79 Å². The molecule has 0 aliphatic heterocycles. The van der Waals surface area contributed by atoms with Crippen molar-refractivity contribution >= 4 is 16.9 Å². The predicted octanol–water partition coefficient (Wildman–Crippen LogP) is 2.45. The van der Waals surface area contributed by atoms with Gasteiger partial charge in [-0.1, -0.05) is 12.1 Å². The maximum Gasteiger partial charge on any atom is 0.224 e. The zero-order chi connectivity index (χ0) is 14.9. The third-order valence-electron chi connectivity index (χ3n) is 3.43. The van der Waals surface area contributed by atoms with Crippen molar-refractivity contribution in [1.29, 1.82) is 0 Å². The van der Waals surface area contributed by atoms with E-state index < -0.39 is 5.54 Å². The van der Waals surface area contributed by atoms with Crippen molar-refractivity contribution in [3.63, 3.8) is 0 Å². The van der Waals surface area contributed by atoms with E-state index in [1.165, 1.54) is 5.56 Å². The topological polar surface area (TPSA) is 68.3 Å². The minimum atomic E-state index is -0.401. The van der Waals surface area contributed by atoms with E-state index in [0.29, 0.717) is 13.0 Å². The second-order valence-electron chi connectivity index (χ2n) is 6.09. The van der Waals surface area contributed by atoms with Crippen molar-refractivity contribution in [2.24, 2.45) is 5.73 Å². The van der Waals surface area contributed by atoms with Crippen LogP contribution in [0.15, 0.2) is 22.8 Å². The molecule has 2 rings (SSSR count). The van der Waals surface area contributed by atoms with Gasteiger partial charge in [-0.15, -0.1) is 0 Å². The van der Waals surface area contributed by atoms with Gasteiger partial charge in [0.25, 0.3) is 0 Å². The first-order chi connectivity index (χ1) is 9.28. The Morgan fingerprint density at radius 3 is 2.70 bits per heavy atom. The molecule has 1 aromatic heterocycles. The summed E-state index contributed by atoms with van der Waals surface area (Å²) in [4.78, 5) is 11.9. The molecule has 0 atom stereocenters. The Kier molecular flexibility index (Phi) is 3.86. The van der Waals surface area contributed by atoms with Crippen LogP contribution in [0.1, 0.15) is 30.5 Å². The summed E-state index contributed by atoms with van der Waals surface area (Å²) in [5.41, 5.74) is 9.54. The van der Waals surface area contributed by atoms with Gasteiger partial charge in [0.1, 0.15) is 5.58 Å². The number of carbonyl (C=O) groups is 1. The fourth-order valence-electron chi connectivity index (χ4n) is 2.09. The highest BCUT2D eigenvalue weighted by molar-refractivity contribution is 5.89. The summed E-state index contributed by atoms with van der Waals surface area (Å²) < 4.78 is 5.60. The van der Waals surface area contributed by atoms with Gasteiger partial charge in [-0.3, -0.25) is 4.79 Å². The molecule has 4 heteroatoms. The third-order valence-corrected chi connectivity index (χ3v) is 3.43. The van der Waals surface area contributed by atoms with Crippen molar-refractivity contribution in [3.05, 3.63) is 35.1 Å². The predicted molar refractivity (Wildman–Crippen MR) is 80.7 cm³/mol. The van der Waals surface area contributed by atoms with Gasteiger partial charge in [-0.2, -0.15) is 0 Å². The van der Waals surface area contributed by atoms with Crippen LogP contribution < -0.4 is 11.1 Å². The second-order valence-corrected chi connectivity index (χ2v) is 6.09. The highest BCUT2D eigenvalue weighted by Gasteiger charge is 2.15. The molecule has 108 valence electrons. The molecular weight excluding hydrogens is 252 g/mol. The highest BCUT2D eigenvalue weighted by atomic mass is 16.3. The Balaban J connectivity index is 2.15. The van der Waals surface area contributed by atoms with E-state index in [0.717, 1.165) is 22.1 Å². The van der Waals surface area contributed by atoms with E-state index in [1.54, 1.807) is 6.26 Å². The molecule has 20 heavy (non-hydrogen) atoms. The Labute approximate surface area is 119 Å². The number of hydrogen-bond acceptors (Lipinski definition) is 3. The number of rotatable bonds is 4. The van der Waals surface area contributed by atoms with Gasteiger partial charge < -0.3 is 15.5 Å². The molecule has 3 N–H and O–H groups in total. The Morgan fingerprint density at radius 1 is 1.35 bits per heavy atom. The summed E-state index contributed by atoms with van der Waals surface area (Å²) in [6, 6.07) is 4.06. The van der Waals surface area contributed by atoms with E-state index >= 15 is 0 Å². The number of nitrogens with one attached hydrogen (secondary N) is 1. The maximum atomic E-state index is 11.9. The molecule has 0 radical (unpaired) electrons. The number of amides is 1. The van der Waals surface area contributed by atoms with Crippen LogP contribution >= 0.6 is 0 Å². The summed E-state index contributed by atoms with van der Waals surface area (Å²) in [6.07, 6.45) is 1.98. The Morgan fingerprint density at radius 2 is 2.05 bits per heavy atom. The molecule has 0 saturated heterocycles. The van der Waals surface area contributed by atoms with Gasteiger partial charge in [0.15, 0.2) is 0 Å². The smallest absolute Gasteiger partial charge is 0.224 e. The lowest BCUT2D eigenvalue weighted by atomic mass is 10.0. The van der Waals surface area contributed by atoms with Crippen LogP contribution in [-0.4, -0.2) is 18.0 Å². The van der Waals surface area contributed by atoms with Crippen molar-refractivity contribution in [3.8, 4) is 0 Å². The molecule has 0 bridgehead atoms. The number of carbonyl (C=O) groups excluding carboxylic acids is 1. The van der Waals surface area contributed by atoms with Crippen LogP contribution in [0.25, 0.3) is 11.0 Å². The van der Waals surface area contributed by atoms with Crippen LogP contribution in [-0.2, 0) is 11.2 Å². The van der Waals surface area contributed by atoms with E-state index in [4.69, 9.17) is 10.2 Å². The van der Waals surface area contributed by atoms with Crippen LogP contribution in [0.3, 0.4) is 0 Å². The lowest BCUT2D eigenvalue weighted by Gasteiger charge is -2.18. The minimum Gasteiger partial charge on any atom is -0.464 e. The van der Waals surface area contributed by atoms with Crippen molar-refractivity contribution in [2.45, 2.75) is 39.7 Å². The van der Waals surface area contributed by atoms with Gasteiger partial charge in [0.05, 0.1) is 12.7 Å². The zero-order valence-corrected chi connectivity index (χ0v) is 12.5. The maximum absolute atomic E-state index is 11.9. The average Bonchev–Trinajstić information content (AvgIpc) is 2.74. The second kappa shape index (κ2) is 5.29. The third kappa shape index (κ3) is 3.20. The van der Waals surface area contributed by atoms with Crippen molar-refractivity contribution < 1.29 is 9.21 Å². The van der Waals surface area contributed by atoms with E-state index in [1.807, 2.05) is 33.8 Å². The number of aryl methyl sites for hydroxylation is 2. The van der Waals surface area contributed by atoms with E-state index in [-0.39, 0.29) is 5.91 Å². The molecule has 0 saturated carbocycles. The Hall–Kier alpha value is -1.81. The summed E-state index contributed by atoms with van der Waals surface area (Å²) in [6.45, 7) is 8.30. The first kappa shape index (κ1) is 14.6.